The first-order valence-corrected chi connectivity index (χ1v) is 27.1. The van der Waals surface area contributed by atoms with Crippen molar-refractivity contribution < 1.29 is 49.3 Å². The molecule has 1 aliphatic heterocycles. The zero-order chi connectivity index (χ0) is 47.6. The number of aliphatic hydroxyl groups excluding tert-OH is 5. The number of amides is 1. The van der Waals surface area contributed by atoms with Gasteiger partial charge in [0, 0.05) is 6.42 Å². The van der Waals surface area contributed by atoms with Crippen LogP contribution in [0, 0.1) is 0 Å². The molecule has 8 unspecified atom stereocenters. The van der Waals surface area contributed by atoms with Gasteiger partial charge in [-0.2, -0.15) is 0 Å². The second-order valence-corrected chi connectivity index (χ2v) is 19.0. The first-order valence-electron chi connectivity index (χ1n) is 27.1. The van der Waals surface area contributed by atoms with Crippen molar-refractivity contribution >= 4 is 11.9 Å². The number of rotatable bonds is 45. The van der Waals surface area contributed by atoms with Crippen LogP contribution >= 0.6 is 0 Å². The number of carbonyl (C=O) groups is 2. The average molecular weight is 924 g/mol. The van der Waals surface area contributed by atoms with Crippen molar-refractivity contribution in [1.29, 1.82) is 0 Å². The zero-order valence-corrected chi connectivity index (χ0v) is 41.9. The van der Waals surface area contributed by atoms with Crippen molar-refractivity contribution in [1.82, 2.24) is 5.32 Å². The molecule has 0 radical (unpaired) electrons. The molecule has 0 aromatic rings. The van der Waals surface area contributed by atoms with E-state index in [0.717, 1.165) is 70.6 Å². The summed E-state index contributed by atoms with van der Waals surface area (Å²) in [4.78, 5) is 26.3. The SMILES string of the molecule is CCCC/C=C\CCCCCCC(O)C(=O)NC(COC1OC(CO)C(O)C(O)C1OC(=O)CCCCCCCCCCCCCCCC)C(O)/C=C/CCCCCCCCCCCC. The minimum atomic E-state index is -1.61. The van der Waals surface area contributed by atoms with Crippen LogP contribution in [0.1, 0.15) is 245 Å². The highest BCUT2D eigenvalue weighted by molar-refractivity contribution is 5.80. The molecule has 382 valence electrons. The molecule has 1 saturated heterocycles. The Balaban J connectivity index is 2.76. The first-order chi connectivity index (χ1) is 31.7. The molecular formula is C54H101NO10. The van der Waals surface area contributed by atoms with Crippen LogP contribution in [0.2, 0.25) is 0 Å². The average Bonchev–Trinajstić information content (AvgIpc) is 3.30. The third-order valence-electron chi connectivity index (χ3n) is 12.9. The Morgan fingerprint density at radius 2 is 1.03 bits per heavy atom. The lowest BCUT2D eigenvalue weighted by Gasteiger charge is -2.41. The number of hydrogen-bond donors (Lipinski definition) is 6. The van der Waals surface area contributed by atoms with E-state index in [2.05, 4.69) is 38.2 Å². The van der Waals surface area contributed by atoms with Crippen molar-refractivity contribution in [2.24, 2.45) is 0 Å². The van der Waals surface area contributed by atoms with Gasteiger partial charge in [0.05, 0.1) is 25.4 Å². The lowest BCUT2D eigenvalue weighted by Crippen LogP contribution is -2.61. The Morgan fingerprint density at radius 3 is 1.54 bits per heavy atom. The van der Waals surface area contributed by atoms with E-state index in [1.165, 1.54) is 128 Å². The summed E-state index contributed by atoms with van der Waals surface area (Å²) in [5.41, 5.74) is 0. The number of unbranched alkanes of at least 4 members (excludes halogenated alkanes) is 29. The molecule has 1 fully saturated rings. The molecule has 0 aromatic heterocycles. The number of nitrogens with one attached hydrogen (secondary N) is 1. The molecule has 1 rings (SSSR count). The van der Waals surface area contributed by atoms with Crippen LogP contribution in [0.4, 0.5) is 0 Å². The van der Waals surface area contributed by atoms with Crippen LogP contribution in [-0.2, 0) is 23.8 Å². The summed E-state index contributed by atoms with van der Waals surface area (Å²) in [5.74, 6) is -1.20. The monoisotopic (exact) mass is 924 g/mol. The van der Waals surface area contributed by atoms with Crippen molar-refractivity contribution in [3.63, 3.8) is 0 Å². The number of hydrogen-bond acceptors (Lipinski definition) is 10. The maximum atomic E-state index is 13.3. The Hall–Kier alpha value is -1.86. The number of aliphatic hydroxyl groups is 5. The third-order valence-corrected chi connectivity index (χ3v) is 12.9. The Bertz CT molecular complexity index is 1150. The maximum absolute atomic E-state index is 13.3. The lowest BCUT2D eigenvalue weighted by molar-refractivity contribution is -0.305. The smallest absolute Gasteiger partial charge is 0.306 e. The van der Waals surface area contributed by atoms with Gasteiger partial charge in [-0.15, -0.1) is 0 Å². The van der Waals surface area contributed by atoms with Gasteiger partial charge in [0.2, 0.25) is 5.91 Å². The molecule has 8 atom stereocenters. The van der Waals surface area contributed by atoms with Gasteiger partial charge < -0.3 is 45.1 Å². The molecule has 0 saturated carbocycles. The van der Waals surface area contributed by atoms with Gasteiger partial charge in [0.1, 0.15) is 24.4 Å². The second-order valence-electron chi connectivity index (χ2n) is 19.0. The fourth-order valence-electron chi connectivity index (χ4n) is 8.46. The molecule has 1 amide bonds. The molecule has 11 heteroatoms. The summed E-state index contributed by atoms with van der Waals surface area (Å²) in [5, 5.41) is 56.6. The standard InChI is InChI=1S/C54H101NO10/c1-4-7-10-13-16-19-22-24-25-27-30-33-36-39-42-49(59)65-52-51(61)50(60)48(43-56)64-54(52)63-44-45(46(57)40-37-34-31-29-26-23-20-17-14-11-8-5-2)55-53(62)47(58)41-38-35-32-28-21-18-15-12-9-6-3/h15,18,37,40,45-48,50-52,54,56-58,60-61H,4-14,16-17,19-36,38-39,41-44H2,1-3H3,(H,55,62)/b18-15-,40-37+. The molecule has 0 aliphatic carbocycles. The van der Waals surface area contributed by atoms with Gasteiger partial charge in [-0.1, -0.05) is 218 Å². The largest absolute Gasteiger partial charge is 0.454 e. The highest BCUT2D eigenvalue weighted by Gasteiger charge is 2.47. The Labute approximate surface area is 397 Å². The van der Waals surface area contributed by atoms with E-state index < -0.39 is 67.4 Å². The summed E-state index contributed by atoms with van der Waals surface area (Å²) in [6.45, 7) is 5.72. The number of carbonyl (C=O) groups excluding carboxylic acids is 2. The third kappa shape index (κ3) is 32.5. The van der Waals surface area contributed by atoms with E-state index in [4.69, 9.17) is 14.2 Å². The zero-order valence-electron chi connectivity index (χ0n) is 41.9. The molecule has 0 spiro atoms. The van der Waals surface area contributed by atoms with Gasteiger partial charge in [-0.25, -0.2) is 0 Å². The number of esters is 1. The van der Waals surface area contributed by atoms with Crippen LogP contribution in [0.5, 0.6) is 0 Å². The normalized spacial score (nSPS) is 20.4. The van der Waals surface area contributed by atoms with Crippen LogP contribution in [-0.4, -0.2) is 99.6 Å². The molecule has 1 heterocycles. The molecule has 1 aliphatic rings. The van der Waals surface area contributed by atoms with E-state index >= 15 is 0 Å². The van der Waals surface area contributed by atoms with Gasteiger partial charge >= 0.3 is 5.97 Å². The molecule has 0 bridgehead atoms. The first kappa shape index (κ1) is 61.2. The predicted octanol–water partition coefficient (Wildman–Crippen LogP) is 11.4. The molecule has 6 N–H and O–H groups in total. The number of ether oxygens (including phenoxy) is 3. The van der Waals surface area contributed by atoms with E-state index in [1.807, 2.05) is 6.08 Å². The quantitative estimate of drug-likeness (QED) is 0.0196. The van der Waals surface area contributed by atoms with Crippen LogP contribution in [0.15, 0.2) is 24.3 Å². The molecule has 11 nitrogen and oxygen atoms in total. The fourth-order valence-corrected chi connectivity index (χ4v) is 8.46. The minimum absolute atomic E-state index is 0.128. The Kier molecular flexibility index (Phi) is 40.9. The van der Waals surface area contributed by atoms with E-state index in [-0.39, 0.29) is 19.4 Å². The van der Waals surface area contributed by atoms with Crippen molar-refractivity contribution in [3.8, 4) is 0 Å². The highest BCUT2D eigenvalue weighted by Crippen LogP contribution is 2.26. The van der Waals surface area contributed by atoms with E-state index in [0.29, 0.717) is 12.8 Å². The van der Waals surface area contributed by atoms with Crippen molar-refractivity contribution in [2.45, 2.75) is 294 Å². The highest BCUT2D eigenvalue weighted by atomic mass is 16.7. The van der Waals surface area contributed by atoms with E-state index in [9.17, 15) is 35.1 Å². The van der Waals surface area contributed by atoms with Gasteiger partial charge in [-0.3, -0.25) is 9.59 Å². The summed E-state index contributed by atoms with van der Waals surface area (Å²) < 4.78 is 17.5. The molecule has 65 heavy (non-hydrogen) atoms. The predicted molar refractivity (Wildman–Crippen MR) is 264 cm³/mol. The van der Waals surface area contributed by atoms with Gasteiger partial charge in [0.15, 0.2) is 12.4 Å². The van der Waals surface area contributed by atoms with Crippen molar-refractivity contribution in [2.75, 3.05) is 13.2 Å². The topological polar surface area (TPSA) is 175 Å². The molecular weight excluding hydrogens is 823 g/mol. The number of allylic oxidation sites excluding steroid dienone is 3. The summed E-state index contributed by atoms with van der Waals surface area (Å²) in [7, 11) is 0. The lowest BCUT2D eigenvalue weighted by atomic mass is 9.99. The fraction of sp³-hybridized carbons (Fsp3) is 0.889. The Morgan fingerprint density at radius 1 is 0.585 bits per heavy atom. The van der Waals surface area contributed by atoms with Gasteiger partial charge in [0.25, 0.3) is 0 Å². The maximum Gasteiger partial charge on any atom is 0.306 e. The molecule has 0 aromatic carbocycles. The van der Waals surface area contributed by atoms with Crippen molar-refractivity contribution in [3.05, 3.63) is 24.3 Å². The van der Waals surface area contributed by atoms with Crippen LogP contribution in [0.3, 0.4) is 0 Å². The van der Waals surface area contributed by atoms with E-state index in [1.54, 1.807) is 6.08 Å². The summed E-state index contributed by atoms with van der Waals surface area (Å²) in [6.07, 6.45) is 36.6. The minimum Gasteiger partial charge on any atom is -0.454 e. The summed E-state index contributed by atoms with van der Waals surface area (Å²) >= 11 is 0. The van der Waals surface area contributed by atoms with Crippen LogP contribution in [0.25, 0.3) is 0 Å². The summed E-state index contributed by atoms with van der Waals surface area (Å²) in [6, 6.07) is -1.02. The van der Waals surface area contributed by atoms with Gasteiger partial charge in [-0.05, 0) is 44.9 Å². The second kappa shape index (κ2) is 43.4. The van der Waals surface area contributed by atoms with Crippen LogP contribution < -0.4 is 5.32 Å².